The highest BCUT2D eigenvalue weighted by molar-refractivity contribution is 5.23. The summed E-state index contributed by atoms with van der Waals surface area (Å²) in [4.78, 5) is 4.12. The van der Waals surface area contributed by atoms with E-state index in [2.05, 4.69) is 4.98 Å². The van der Waals surface area contributed by atoms with Crippen molar-refractivity contribution in [2.75, 3.05) is 6.61 Å². The molecule has 1 heterocycles. The number of pyridine rings is 1. The lowest BCUT2D eigenvalue weighted by Crippen LogP contribution is -2.19. The SMILES string of the molecule is Cc1cncc(C(N)COc2ccccc2)c1. The minimum Gasteiger partial charge on any atom is -0.492 e. The Kier molecular flexibility index (Phi) is 3.73. The molecule has 1 aromatic carbocycles. The summed E-state index contributed by atoms with van der Waals surface area (Å²) in [5.41, 5.74) is 8.16. The first-order valence-electron chi connectivity index (χ1n) is 5.60. The van der Waals surface area contributed by atoms with Crippen molar-refractivity contribution < 1.29 is 4.74 Å². The van der Waals surface area contributed by atoms with E-state index in [0.29, 0.717) is 6.61 Å². The molecule has 0 aliphatic rings. The lowest BCUT2D eigenvalue weighted by atomic mass is 10.1. The van der Waals surface area contributed by atoms with Gasteiger partial charge in [-0.15, -0.1) is 0 Å². The fourth-order valence-electron chi connectivity index (χ4n) is 1.58. The fourth-order valence-corrected chi connectivity index (χ4v) is 1.58. The van der Waals surface area contributed by atoms with E-state index in [-0.39, 0.29) is 6.04 Å². The van der Waals surface area contributed by atoms with Crippen LogP contribution in [0.2, 0.25) is 0 Å². The van der Waals surface area contributed by atoms with Crippen LogP contribution in [0.4, 0.5) is 0 Å². The van der Waals surface area contributed by atoms with Crippen molar-refractivity contribution in [3.05, 3.63) is 59.9 Å². The molecule has 0 amide bonds. The van der Waals surface area contributed by atoms with Crippen LogP contribution < -0.4 is 10.5 Å². The van der Waals surface area contributed by atoms with Gasteiger partial charge in [0.1, 0.15) is 12.4 Å². The fraction of sp³-hybridized carbons (Fsp3) is 0.214. The lowest BCUT2D eigenvalue weighted by Gasteiger charge is -2.13. The molecule has 0 fully saturated rings. The second-order valence-corrected chi connectivity index (χ2v) is 4.03. The number of benzene rings is 1. The van der Waals surface area contributed by atoms with Crippen LogP contribution in [0.5, 0.6) is 5.75 Å². The molecule has 0 aliphatic carbocycles. The van der Waals surface area contributed by atoms with Crippen LogP contribution in [-0.4, -0.2) is 11.6 Å². The van der Waals surface area contributed by atoms with E-state index in [1.54, 1.807) is 6.20 Å². The minimum absolute atomic E-state index is 0.150. The summed E-state index contributed by atoms with van der Waals surface area (Å²) in [5.74, 6) is 0.837. The van der Waals surface area contributed by atoms with Crippen LogP contribution in [0.1, 0.15) is 17.2 Å². The Morgan fingerprint density at radius 1 is 1.24 bits per heavy atom. The van der Waals surface area contributed by atoms with Crippen LogP contribution >= 0.6 is 0 Å². The monoisotopic (exact) mass is 228 g/mol. The summed E-state index contributed by atoms with van der Waals surface area (Å²) in [6.07, 6.45) is 3.60. The lowest BCUT2D eigenvalue weighted by molar-refractivity contribution is 0.290. The molecule has 0 aliphatic heterocycles. The van der Waals surface area contributed by atoms with E-state index >= 15 is 0 Å². The molecule has 0 spiro atoms. The first kappa shape index (κ1) is 11.6. The van der Waals surface area contributed by atoms with E-state index in [1.807, 2.05) is 49.5 Å². The third-order valence-electron chi connectivity index (χ3n) is 2.50. The van der Waals surface area contributed by atoms with Crippen molar-refractivity contribution in [3.8, 4) is 5.75 Å². The number of rotatable bonds is 4. The van der Waals surface area contributed by atoms with Crippen molar-refractivity contribution in [1.82, 2.24) is 4.98 Å². The molecule has 0 saturated carbocycles. The summed E-state index contributed by atoms with van der Waals surface area (Å²) in [6.45, 7) is 2.45. The number of aromatic nitrogens is 1. The third-order valence-corrected chi connectivity index (χ3v) is 2.50. The van der Waals surface area contributed by atoms with E-state index in [0.717, 1.165) is 16.9 Å². The molecule has 3 nitrogen and oxygen atoms in total. The normalized spacial score (nSPS) is 12.1. The van der Waals surface area contributed by atoms with E-state index in [1.165, 1.54) is 0 Å². The van der Waals surface area contributed by atoms with Gasteiger partial charge in [0.05, 0.1) is 6.04 Å². The molecule has 2 N–H and O–H groups in total. The van der Waals surface area contributed by atoms with Crippen LogP contribution in [0, 0.1) is 6.92 Å². The zero-order valence-corrected chi connectivity index (χ0v) is 9.84. The van der Waals surface area contributed by atoms with Gasteiger partial charge in [-0.25, -0.2) is 0 Å². The van der Waals surface area contributed by atoms with Crippen molar-refractivity contribution in [3.63, 3.8) is 0 Å². The summed E-state index contributed by atoms with van der Waals surface area (Å²) in [6, 6.07) is 11.6. The highest BCUT2D eigenvalue weighted by Crippen LogP contribution is 2.14. The van der Waals surface area contributed by atoms with Crippen molar-refractivity contribution in [2.24, 2.45) is 5.73 Å². The summed E-state index contributed by atoms with van der Waals surface area (Å²) < 4.78 is 5.61. The molecule has 2 rings (SSSR count). The topological polar surface area (TPSA) is 48.1 Å². The van der Waals surface area contributed by atoms with Gasteiger partial charge >= 0.3 is 0 Å². The summed E-state index contributed by atoms with van der Waals surface area (Å²) >= 11 is 0. The zero-order chi connectivity index (χ0) is 12.1. The molecule has 17 heavy (non-hydrogen) atoms. The summed E-state index contributed by atoms with van der Waals surface area (Å²) in [5, 5.41) is 0. The molecular weight excluding hydrogens is 212 g/mol. The molecule has 0 saturated heterocycles. The largest absolute Gasteiger partial charge is 0.492 e. The van der Waals surface area contributed by atoms with E-state index < -0.39 is 0 Å². The number of nitrogens with two attached hydrogens (primary N) is 1. The van der Waals surface area contributed by atoms with Gasteiger partial charge in [-0.2, -0.15) is 0 Å². The van der Waals surface area contributed by atoms with Gasteiger partial charge in [-0.1, -0.05) is 24.3 Å². The Bertz CT molecular complexity index is 471. The predicted octanol–water partition coefficient (Wildman–Crippen LogP) is 2.47. The van der Waals surface area contributed by atoms with Crippen LogP contribution in [0.3, 0.4) is 0 Å². The maximum atomic E-state index is 6.05. The molecule has 1 atom stereocenters. The second-order valence-electron chi connectivity index (χ2n) is 4.03. The van der Waals surface area contributed by atoms with Gasteiger partial charge in [0.25, 0.3) is 0 Å². The second kappa shape index (κ2) is 5.46. The first-order valence-corrected chi connectivity index (χ1v) is 5.60. The number of ether oxygens (including phenoxy) is 1. The Balaban J connectivity index is 1.96. The number of hydrogen-bond donors (Lipinski definition) is 1. The zero-order valence-electron chi connectivity index (χ0n) is 9.84. The number of para-hydroxylation sites is 1. The Morgan fingerprint density at radius 3 is 2.71 bits per heavy atom. The van der Waals surface area contributed by atoms with Crippen molar-refractivity contribution in [1.29, 1.82) is 0 Å². The Hall–Kier alpha value is -1.87. The van der Waals surface area contributed by atoms with Crippen LogP contribution in [-0.2, 0) is 0 Å². The van der Waals surface area contributed by atoms with Crippen LogP contribution in [0.25, 0.3) is 0 Å². The summed E-state index contributed by atoms with van der Waals surface area (Å²) in [7, 11) is 0. The van der Waals surface area contributed by atoms with Gasteiger partial charge < -0.3 is 10.5 Å². The first-order chi connectivity index (χ1) is 8.25. The van der Waals surface area contributed by atoms with Gasteiger partial charge in [0.15, 0.2) is 0 Å². The predicted molar refractivity (Wildman–Crippen MR) is 67.8 cm³/mol. The number of hydrogen-bond acceptors (Lipinski definition) is 3. The number of aryl methyl sites for hydroxylation is 1. The maximum Gasteiger partial charge on any atom is 0.119 e. The average Bonchev–Trinajstić information content (AvgIpc) is 2.37. The van der Waals surface area contributed by atoms with Gasteiger partial charge in [0.2, 0.25) is 0 Å². The van der Waals surface area contributed by atoms with E-state index in [4.69, 9.17) is 10.5 Å². The molecule has 0 radical (unpaired) electrons. The van der Waals surface area contributed by atoms with Crippen molar-refractivity contribution >= 4 is 0 Å². The quantitative estimate of drug-likeness (QED) is 0.874. The Morgan fingerprint density at radius 2 is 2.00 bits per heavy atom. The van der Waals surface area contributed by atoms with Crippen molar-refractivity contribution in [2.45, 2.75) is 13.0 Å². The average molecular weight is 228 g/mol. The smallest absolute Gasteiger partial charge is 0.119 e. The van der Waals surface area contributed by atoms with Gasteiger partial charge in [-0.3, -0.25) is 4.98 Å². The van der Waals surface area contributed by atoms with Gasteiger partial charge in [0, 0.05) is 12.4 Å². The number of nitrogens with zero attached hydrogens (tertiary/aromatic N) is 1. The minimum atomic E-state index is -0.150. The molecule has 0 bridgehead atoms. The highest BCUT2D eigenvalue weighted by atomic mass is 16.5. The van der Waals surface area contributed by atoms with Crippen LogP contribution in [0.15, 0.2) is 48.8 Å². The maximum absolute atomic E-state index is 6.05. The molecular formula is C14H16N2O. The molecule has 1 unspecified atom stereocenters. The third kappa shape index (κ3) is 3.29. The van der Waals surface area contributed by atoms with Gasteiger partial charge in [-0.05, 0) is 30.2 Å². The molecule has 2 aromatic rings. The molecule has 3 heteroatoms. The Labute approximate surface area is 101 Å². The molecule has 1 aromatic heterocycles. The standard InChI is InChI=1S/C14H16N2O/c1-11-7-12(9-16-8-11)14(15)10-17-13-5-3-2-4-6-13/h2-9,14H,10,15H2,1H3. The van der Waals surface area contributed by atoms with E-state index in [9.17, 15) is 0 Å². The highest BCUT2D eigenvalue weighted by Gasteiger charge is 2.07. The molecule has 88 valence electrons.